The summed E-state index contributed by atoms with van der Waals surface area (Å²) in [7, 11) is 0. The molecule has 1 aliphatic heterocycles. The minimum atomic E-state index is -0.0144. The van der Waals surface area contributed by atoms with Gasteiger partial charge in [-0.3, -0.25) is 4.79 Å². The summed E-state index contributed by atoms with van der Waals surface area (Å²) in [6, 6.07) is 1.61. The Hall–Kier alpha value is -1.16. The molecule has 1 atom stereocenters. The van der Waals surface area contributed by atoms with Crippen LogP contribution in [0.5, 0.6) is 0 Å². The highest BCUT2D eigenvalue weighted by molar-refractivity contribution is 5.03. The third-order valence-electron chi connectivity index (χ3n) is 2.99. The summed E-state index contributed by atoms with van der Waals surface area (Å²) >= 11 is 0. The number of nitrogens with one attached hydrogen (secondary N) is 2. The minimum absolute atomic E-state index is 0.0144. The summed E-state index contributed by atoms with van der Waals surface area (Å²) in [4.78, 5) is 18.8. The van der Waals surface area contributed by atoms with E-state index in [0.717, 1.165) is 43.9 Å². The van der Waals surface area contributed by atoms with E-state index in [-0.39, 0.29) is 5.56 Å². The second-order valence-corrected chi connectivity index (χ2v) is 4.50. The van der Waals surface area contributed by atoms with Crippen molar-refractivity contribution >= 4 is 0 Å². The van der Waals surface area contributed by atoms with Crippen LogP contribution in [0.15, 0.2) is 10.9 Å². The fourth-order valence-electron chi connectivity index (χ4n) is 2.21. The van der Waals surface area contributed by atoms with Gasteiger partial charge in [0.1, 0.15) is 5.82 Å². The summed E-state index contributed by atoms with van der Waals surface area (Å²) < 4.78 is 0. The van der Waals surface area contributed by atoms with Crippen LogP contribution in [-0.4, -0.2) is 23.1 Å². The number of rotatable bonds is 4. The number of H-pyrrole nitrogens is 1. The van der Waals surface area contributed by atoms with Gasteiger partial charge in [0.25, 0.3) is 5.56 Å². The molecule has 2 N–H and O–H groups in total. The maximum atomic E-state index is 11.4. The van der Waals surface area contributed by atoms with Crippen molar-refractivity contribution in [2.24, 2.45) is 5.92 Å². The molecule has 0 spiro atoms. The summed E-state index contributed by atoms with van der Waals surface area (Å²) in [5.74, 6) is 1.48. The number of aryl methyl sites for hydroxylation is 1. The second kappa shape index (κ2) is 5.25. The van der Waals surface area contributed by atoms with Gasteiger partial charge in [-0.2, -0.15) is 0 Å². The second-order valence-electron chi connectivity index (χ2n) is 4.50. The zero-order valence-electron chi connectivity index (χ0n) is 9.75. The molecule has 1 fully saturated rings. The van der Waals surface area contributed by atoms with Crippen LogP contribution in [0.25, 0.3) is 0 Å². The summed E-state index contributed by atoms with van der Waals surface area (Å²) in [5, 5.41) is 3.33. The molecule has 1 aliphatic rings. The predicted molar refractivity (Wildman–Crippen MR) is 63.5 cm³/mol. The van der Waals surface area contributed by atoms with Gasteiger partial charge in [0, 0.05) is 18.2 Å². The molecule has 0 radical (unpaired) electrons. The van der Waals surface area contributed by atoms with E-state index in [1.165, 1.54) is 6.42 Å². The fourth-order valence-corrected chi connectivity index (χ4v) is 2.21. The van der Waals surface area contributed by atoms with E-state index < -0.39 is 0 Å². The SMILES string of the molecule is CCCc1cc(=O)[nH]c(CC2CCNC2)n1. The first-order chi connectivity index (χ1) is 7.78. The summed E-state index contributed by atoms with van der Waals surface area (Å²) in [6.45, 7) is 4.23. The van der Waals surface area contributed by atoms with Crippen molar-refractivity contribution in [3.8, 4) is 0 Å². The molecule has 0 amide bonds. The lowest BCUT2D eigenvalue weighted by Gasteiger charge is -2.08. The monoisotopic (exact) mass is 221 g/mol. The van der Waals surface area contributed by atoms with E-state index in [2.05, 4.69) is 22.2 Å². The number of aromatic amines is 1. The third kappa shape index (κ3) is 2.92. The maximum Gasteiger partial charge on any atom is 0.251 e. The quantitative estimate of drug-likeness (QED) is 0.793. The van der Waals surface area contributed by atoms with Gasteiger partial charge in [0.2, 0.25) is 0 Å². The Kier molecular flexibility index (Phi) is 3.72. The first kappa shape index (κ1) is 11.3. The van der Waals surface area contributed by atoms with Crippen LogP contribution in [0.2, 0.25) is 0 Å². The van der Waals surface area contributed by atoms with Gasteiger partial charge in [-0.05, 0) is 31.8 Å². The zero-order chi connectivity index (χ0) is 11.4. The molecule has 2 heterocycles. The van der Waals surface area contributed by atoms with Crippen LogP contribution in [-0.2, 0) is 12.8 Å². The molecule has 4 heteroatoms. The molecule has 0 bridgehead atoms. The average molecular weight is 221 g/mol. The molecule has 1 saturated heterocycles. The van der Waals surface area contributed by atoms with Gasteiger partial charge < -0.3 is 10.3 Å². The van der Waals surface area contributed by atoms with E-state index >= 15 is 0 Å². The highest BCUT2D eigenvalue weighted by atomic mass is 16.1. The van der Waals surface area contributed by atoms with Crippen molar-refractivity contribution in [3.63, 3.8) is 0 Å². The predicted octanol–water partition coefficient (Wildman–Crippen LogP) is 0.874. The highest BCUT2D eigenvalue weighted by Crippen LogP contribution is 2.12. The molecule has 0 saturated carbocycles. The first-order valence-electron chi connectivity index (χ1n) is 6.07. The topological polar surface area (TPSA) is 57.8 Å². The highest BCUT2D eigenvalue weighted by Gasteiger charge is 2.16. The van der Waals surface area contributed by atoms with Gasteiger partial charge >= 0.3 is 0 Å². The maximum absolute atomic E-state index is 11.4. The Morgan fingerprint density at radius 3 is 3.12 bits per heavy atom. The molecule has 2 rings (SSSR count). The molecule has 0 aromatic carbocycles. The lowest BCUT2D eigenvalue weighted by Crippen LogP contribution is -2.17. The Morgan fingerprint density at radius 1 is 1.56 bits per heavy atom. The van der Waals surface area contributed by atoms with Gasteiger partial charge in [-0.15, -0.1) is 0 Å². The lowest BCUT2D eigenvalue weighted by molar-refractivity contribution is 0.558. The van der Waals surface area contributed by atoms with Gasteiger partial charge in [0.15, 0.2) is 0 Å². The summed E-state index contributed by atoms with van der Waals surface area (Å²) in [6.07, 6.45) is 3.99. The molecule has 4 nitrogen and oxygen atoms in total. The largest absolute Gasteiger partial charge is 0.316 e. The standard InChI is InChI=1S/C12H19N3O/c1-2-3-10-7-12(16)15-11(14-10)6-9-4-5-13-8-9/h7,9,13H,2-6,8H2,1H3,(H,14,15,16). The van der Waals surface area contributed by atoms with E-state index in [1.54, 1.807) is 6.07 Å². The Morgan fingerprint density at radius 2 is 2.44 bits per heavy atom. The Balaban J connectivity index is 2.10. The van der Waals surface area contributed by atoms with Crippen LogP contribution in [0.1, 0.15) is 31.3 Å². The van der Waals surface area contributed by atoms with Crippen molar-refractivity contribution in [2.45, 2.75) is 32.6 Å². The first-order valence-corrected chi connectivity index (χ1v) is 6.07. The van der Waals surface area contributed by atoms with Crippen LogP contribution in [0.3, 0.4) is 0 Å². The van der Waals surface area contributed by atoms with Crippen molar-refractivity contribution in [1.29, 1.82) is 0 Å². The van der Waals surface area contributed by atoms with E-state index in [9.17, 15) is 4.79 Å². The minimum Gasteiger partial charge on any atom is -0.316 e. The molecular weight excluding hydrogens is 202 g/mol. The molecule has 1 unspecified atom stereocenters. The molecule has 88 valence electrons. The molecular formula is C12H19N3O. The summed E-state index contributed by atoms with van der Waals surface area (Å²) in [5.41, 5.74) is 0.909. The van der Waals surface area contributed by atoms with Crippen LogP contribution in [0, 0.1) is 5.92 Å². The van der Waals surface area contributed by atoms with Gasteiger partial charge in [-0.25, -0.2) is 4.98 Å². The fraction of sp³-hybridized carbons (Fsp3) is 0.667. The van der Waals surface area contributed by atoms with Crippen molar-refractivity contribution in [2.75, 3.05) is 13.1 Å². The van der Waals surface area contributed by atoms with Crippen LogP contribution < -0.4 is 10.9 Å². The Labute approximate surface area is 95.5 Å². The van der Waals surface area contributed by atoms with E-state index in [1.807, 2.05) is 0 Å². The molecule has 0 aliphatic carbocycles. The number of nitrogens with zero attached hydrogens (tertiary/aromatic N) is 1. The van der Waals surface area contributed by atoms with Crippen LogP contribution in [0.4, 0.5) is 0 Å². The number of hydrogen-bond acceptors (Lipinski definition) is 3. The molecule has 16 heavy (non-hydrogen) atoms. The number of hydrogen-bond donors (Lipinski definition) is 2. The van der Waals surface area contributed by atoms with Gasteiger partial charge in [0.05, 0.1) is 0 Å². The number of aromatic nitrogens is 2. The van der Waals surface area contributed by atoms with E-state index in [0.29, 0.717) is 5.92 Å². The van der Waals surface area contributed by atoms with Crippen molar-refractivity contribution in [3.05, 3.63) is 27.9 Å². The third-order valence-corrected chi connectivity index (χ3v) is 2.99. The van der Waals surface area contributed by atoms with E-state index in [4.69, 9.17) is 0 Å². The molecule has 1 aromatic rings. The normalized spacial score (nSPS) is 20.2. The average Bonchev–Trinajstić information content (AvgIpc) is 2.70. The zero-order valence-corrected chi connectivity index (χ0v) is 9.75. The van der Waals surface area contributed by atoms with Gasteiger partial charge in [-0.1, -0.05) is 13.3 Å². The van der Waals surface area contributed by atoms with Crippen molar-refractivity contribution < 1.29 is 0 Å². The lowest BCUT2D eigenvalue weighted by atomic mass is 10.0. The Bertz CT molecular complexity index is 393. The molecule has 1 aromatic heterocycles. The van der Waals surface area contributed by atoms with Crippen LogP contribution >= 0.6 is 0 Å². The van der Waals surface area contributed by atoms with Crippen molar-refractivity contribution in [1.82, 2.24) is 15.3 Å². The smallest absolute Gasteiger partial charge is 0.251 e.